The van der Waals surface area contributed by atoms with Crippen LogP contribution in [0.5, 0.6) is 11.5 Å². The quantitative estimate of drug-likeness (QED) is 0.856. The molecule has 0 aliphatic heterocycles. The number of hydrogen-bond donors (Lipinski definition) is 1. The molecule has 2 rings (SSSR count). The van der Waals surface area contributed by atoms with Gasteiger partial charge in [-0.3, -0.25) is 0 Å². The van der Waals surface area contributed by atoms with Crippen LogP contribution in [0.3, 0.4) is 0 Å². The molecule has 2 N–H and O–H groups in total. The van der Waals surface area contributed by atoms with E-state index >= 15 is 0 Å². The van der Waals surface area contributed by atoms with E-state index in [1.807, 2.05) is 42.5 Å². The molecular weight excluding hydrogens is 246 g/mol. The molecule has 0 saturated carbocycles. The number of nitrogens with two attached hydrogens (primary N) is 1. The van der Waals surface area contributed by atoms with Crippen LogP contribution in [0, 0.1) is 0 Å². The van der Waals surface area contributed by atoms with Crippen molar-refractivity contribution in [2.75, 3.05) is 20.0 Å². The van der Waals surface area contributed by atoms with Gasteiger partial charge in [0.1, 0.15) is 11.5 Å². The van der Waals surface area contributed by atoms with Crippen molar-refractivity contribution in [2.45, 2.75) is 9.79 Å². The predicted octanol–water partition coefficient (Wildman–Crippen LogP) is 3.44. The molecular formula is C14H15NO2S. The van der Waals surface area contributed by atoms with Crippen molar-refractivity contribution in [3.63, 3.8) is 0 Å². The van der Waals surface area contributed by atoms with Crippen molar-refractivity contribution in [1.82, 2.24) is 0 Å². The molecule has 0 unspecified atom stereocenters. The lowest BCUT2D eigenvalue weighted by molar-refractivity contribution is 0.376. The van der Waals surface area contributed by atoms with Gasteiger partial charge in [0.25, 0.3) is 0 Å². The van der Waals surface area contributed by atoms with Crippen molar-refractivity contribution in [3.8, 4) is 11.5 Å². The zero-order valence-corrected chi connectivity index (χ0v) is 11.2. The van der Waals surface area contributed by atoms with Crippen LogP contribution in [0.2, 0.25) is 0 Å². The van der Waals surface area contributed by atoms with E-state index in [1.165, 1.54) is 0 Å². The zero-order chi connectivity index (χ0) is 13.0. The highest BCUT2D eigenvalue weighted by atomic mass is 32.2. The summed E-state index contributed by atoms with van der Waals surface area (Å²) >= 11 is 1.54. The van der Waals surface area contributed by atoms with Crippen LogP contribution in [-0.4, -0.2) is 14.2 Å². The van der Waals surface area contributed by atoms with Gasteiger partial charge < -0.3 is 15.2 Å². The van der Waals surface area contributed by atoms with Gasteiger partial charge in [0.2, 0.25) is 0 Å². The third kappa shape index (κ3) is 2.54. The Kier molecular flexibility index (Phi) is 3.99. The minimum Gasteiger partial charge on any atom is -0.495 e. The maximum absolute atomic E-state index is 5.95. The second-order valence-electron chi connectivity index (χ2n) is 3.63. The molecule has 0 radical (unpaired) electrons. The first-order valence-corrected chi connectivity index (χ1v) is 6.31. The minimum atomic E-state index is 0.746. The number of para-hydroxylation sites is 1. The van der Waals surface area contributed by atoms with Gasteiger partial charge >= 0.3 is 0 Å². The minimum absolute atomic E-state index is 0.746. The molecule has 0 saturated heterocycles. The highest BCUT2D eigenvalue weighted by Crippen LogP contribution is 2.43. The molecule has 2 aromatic carbocycles. The van der Waals surface area contributed by atoms with E-state index in [-0.39, 0.29) is 0 Å². The predicted molar refractivity (Wildman–Crippen MR) is 74.5 cm³/mol. The summed E-state index contributed by atoms with van der Waals surface area (Å²) in [6.45, 7) is 0. The maximum atomic E-state index is 5.95. The Morgan fingerprint density at radius 1 is 0.889 bits per heavy atom. The summed E-state index contributed by atoms with van der Waals surface area (Å²) < 4.78 is 10.7. The number of hydrogen-bond acceptors (Lipinski definition) is 4. The number of anilines is 1. The second-order valence-corrected chi connectivity index (χ2v) is 4.68. The first-order valence-electron chi connectivity index (χ1n) is 5.49. The molecule has 0 aliphatic rings. The van der Waals surface area contributed by atoms with Gasteiger partial charge in [0.05, 0.1) is 19.1 Å². The van der Waals surface area contributed by atoms with Crippen LogP contribution in [0.15, 0.2) is 52.3 Å². The summed E-state index contributed by atoms with van der Waals surface area (Å²) in [5, 5.41) is 0. The Hall–Kier alpha value is -1.81. The maximum Gasteiger partial charge on any atom is 0.136 e. The SMILES string of the molecule is COc1cccc(OC)c1Sc1ccccc1N. The van der Waals surface area contributed by atoms with Gasteiger partial charge in [-0.1, -0.05) is 30.0 Å². The number of ether oxygens (including phenoxy) is 2. The topological polar surface area (TPSA) is 44.5 Å². The average molecular weight is 261 g/mol. The van der Waals surface area contributed by atoms with Crippen LogP contribution < -0.4 is 15.2 Å². The van der Waals surface area contributed by atoms with E-state index < -0.39 is 0 Å². The number of nitrogen functional groups attached to an aromatic ring is 1. The van der Waals surface area contributed by atoms with Crippen molar-refractivity contribution in [1.29, 1.82) is 0 Å². The molecule has 0 fully saturated rings. The van der Waals surface area contributed by atoms with E-state index in [0.717, 1.165) is 27.0 Å². The van der Waals surface area contributed by atoms with Crippen LogP contribution in [0.1, 0.15) is 0 Å². The Balaban J connectivity index is 2.42. The monoisotopic (exact) mass is 261 g/mol. The summed E-state index contributed by atoms with van der Waals surface area (Å²) in [5.74, 6) is 1.56. The Bertz CT molecular complexity index is 521. The van der Waals surface area contributed by atoms with Gasteiger partial charge in [-0.05, 0) is 24.3 Å². The van der Waals surface area contributed by atoms with E-state index in [2.05, 4.69) is 0 Å². The summed E-state index contributed by atoms with van der Waals surface area (Å²) in [6, 6.07) is 13.4. The Morgan fingerprint density at radius 2 is 1.50 bits per heavy atom. The highest BCUT2D eigenvalue weighted by molar-refractivity contribution is 7.99. The Morgan fingerprint density at radius 3 is 2.06 bits per heavy atom. The molecule has 0 atom stereocenters. The fourth-order valence-electron chi connectivity index (χ4n) is 1.60. The number of benzene rings is 2. The molecule has 3 nitrogen and oxygen atoms in total. The highest BCUT2D eigenvalue weighted by Gasteiger charge is 2.12. The standard InChI is InChI=1S/C14H15NO2S/c1-16-11-7-5-8-12(17-2)14(11)18-13-9-4-3-6-10(13)15/h3-9H,15H2,1-2H3. The van der Waals surface area contributed by atoms with Gasteiger partial charge in [0, 0.05) is 10.6 Å². The lowest BCUT2D eigenvalue weighted by Gasteiger charge is -2.13. The molecule has 0 aromatic heterocycles. The molecule has 0 heterocycles. The third-order valence-electron chi connectivity index (χ3n) is 2.51. The molecule has 2 aromatic rings. The molecule has 0 spiro atoms. The largest absolute Gasteiger partial charge is 0.495 e. The molecule has 0 bridgehead atoms. The van der Waals surface area contributed by atoms with E-state index in [1.54, 1.807) is 26.0 Å². The molecule has 18 heavy (non-hydrogen) atoms. The summed E-state index contributed by atoms with van der Waals surface area (Å²) in [5.41, 5.74) is 6.69. The van der Waals surface area contributed by atoms with Crippen LogP contribution in [-0.2, 0) is 0 Å². The summed E-state index contributed by atoms with van der Waals surface area (Å²) in [6.07, 6.45) is 0. The lowest BCUT2D eigenvalue weighted by atomic mass is 10.3. The zero-order valence-electron chi connectivity index (χ0n) is 10.3. The fourth-order valence-corrected chi connectivity index (χ4v) is 2.66. The smallest absolute Gasteiger partial charge is 0.136 e. The van der Waals surface area contributed by atoms with E-state index in [0.29, 0.717) is 0 Å². The van der Waals surface area contributed by atoms with E-state index in [4.69, 9.17) is 15.2 Å². The average Bonchev–Trinajstić information content (AvgIpc) is 2.41. The molecule has 0 aliphatic carbocycles. The fraction of sp³-hybridized carbons (Fsp3) is 0.143. The van der Waals surface area contributed by atoms with Gasteiger partial charge in [0.15, 0.2) is 0 Å². The molecule has 94 valence electrons. The van der Waals surface area contributed by atoms with Gasteiger partial charge in [-0.2, -0.15) is 0 Å². The Labute approximate surface area is 111 Å². The van der Waals surface area contributed by atoms with Crippen LogP contribution in [0.4, 0.5) is 5.69 Å². The van der Waals surface area contributed by atoms with Gasteiger partial charge in [-0.25, -0.2) is 0 Å². The number of rotatable bonds is 4. The van der Waals surface area contributed by atoms with Crippen molar-refractivity contribution in [3.05, 3.63) is 42.5 Å². The van der Waals surface area contributed by atoms with Crippen LogP contribution >= 0.6 is 11.8 Å². The van der Waals surface area contributed by atoms with Crippen molar-refractivity contribution in [2.24, 2.45) is 0 Å². The molecule has 4 heteroatoms. The number of methoxy groups -OCH3 is 2. The van der Waals surface area contributed by atoms with E-state index in [9.17, 15) is 0 Å². The first kappa shape index (κ1) is 12.6. The first-order chi connectivity index (χ1) is 8.76. The lowest BCUT2D eigenvalue weighted by Crippen LogP contribution is -1.93. The van der Waals surface area contributed by atoms with Crippen molar-refractivity contribution >= 4 is 17.4 Å². The second kappa shape index (κ2) is 5.69. The van der Waals surface area contributed by atoms with Crippen LogP contribution in [0.25, 0.3) is 0 Å². The van der Waals surface area contributed by atoms with Gasteiger partial charge in [-0.15, -0.1) is 0 Å². The van der Waals surface area contributed by atoms with Crippen molar-refractivity contribution < 1.29 is 9.47 Å². The normalized spacial score (nSPS) is 10.1. The summed E-state index contributed by atoms with van der Waals surface area (Å²) in [7, 11) is 3.29. The molecule has 0 amide bonds. The third-order valence-corrected chi connectivity index (χ3v) is 3.71. The summed E-state index contributed by atoms with van der Waals surface area (Å²) in [4.78, 5) is 1.92.